The van der Waals surface area contributed by atoms with E-state index in [2.05, 4.69) is 6.58 Å². The van der Waals surface area contributed by atoms with Crippen molar-refractivity contribution in [1.29, 1.82) is 0 Å². The molecule has 0 spiro atoms. The Morgan fingerprint density at radius 1 is 1.73 bits per heavy atom. The maximum atomic E-state index is 11.2. The summed E-state index contributed by atoms with van der Waals surface area (Å²) in [5, 5.41) is 9.11. The van der Waals surface area contributed by atoms with E-state index in [1.807, 2.05) is 0 Å². The van der Waals surface area contributed by atoms with Crippen LogP contribution in [-0.2, 0) is 4.79 Å². The van der Waals surface area contributed by atoms with Crippen molar-refractivity contribution >= 4 is 5.91 Å². The fourth-order valence-electron chi connectivity index (χ4n) is 1.20. The molecule has 1 fully saturated rings. The Hall–Kier alpha value is -0.830. The first kappa shape index (κ1) is 8.27. The molecule has 1 aliphatic rings. The lowest BCUT2D eigenvalue weighted by molar-refractivity contribution is -0.126. The smallest absolute Gasteiger partial charge is 0.248 e. The summed E-state index contributed by atoms with van der Waals surface area (Å²) in [6.45, 7) is 6.36. The second-order valence-corrected chi connectivity index (χ2v) is 2.97. The summed E-state index contributed by atoms with van der Waals surface area (Å²) in [5.74, 6) is -0.0402. The Morgan fingerprint density at radius 2 is 2.36 bits per heavy atom. The molecule has 0 radical (unpaired) electrons. The lowest BCUT2D eigenvalue weighted by atomic mass is 10.3. The summed E-state index contributed by atoms with van der Waals surface area (Å²) in [4.78, 5) is 12.8. The van der Waals surface area contributed by atoms with Gasteiger partial charge in [-0.1, -0.05) is 6.58 Å². The fourth-order valence-corrected chi connectivity index (χ4v) is 1.20. The molecule has 1 rings (SSSR count). The normalized spacial score (nSPS) is 23.8. The number of nitrogens with zero attached hydrogens (tertiary/aromatic N) is 1. The molecule has 0 aromatic carbocycles. The summed E-state index contributed by atoms with van der Waals surface area (Å²) < 4.78 is 0. The number of aliphatic hydroxyl groups is 1. The minimum Gasteiger partial charge on any atom is -0.391 e. The highest BCUT2D eigenvalue weighted by Crippen LogP contribution is 2.10. The molecule has 0 aromatic heterocycles. The predicted molar refractivity (Wildman–Crippen MR) is 42.0 cm³/mol. The zero-order chi connectivity index (χ0) is 8.43. The van der Waals surface area contributed by atoms with Gasteiger partial charge < -0.3 is 10.0 Å². The van der Waals surface area contributed by atoms with E-state index in [1.54, 1.807) is 11.8 Å². The summed E-state index contributed by atoms with van der Waals surface area (Å²) in [7, 11) is 0. The third kappa shape index (κ3) is 1.80. The van der Waals surface area contributed by atoms with E-state index in [1.165, 1.54) is 0 Å². The summed E-state index contributed by atoms with van der Waals surface area (Å²) in [6.07, 6.45) is 0.359. The number of β-amino-alcohol motifs (C(OH)–C–C–N with tert-alkyl or cyclic N) is 1. The van der Waals surface area contributed by atoms with Gasteiger partial charge in [0.2, 0.25) is 5.91 Å². The van der Waals surface area contributed by atoms with Gasteiger partial charge in [-0.2, -0.15) is 0 Å². The number of hydrogen-bond acceptors (Lipinski definition) is 2. The van der Waals surface area contributed by atoms with Gasteiger partial charge in [0.05, 0.1) is 6.10 Å². The lowest BCUT2D eigenvalue weighted by Crippen LogP contribution is -2.29. The maximum Gasteiger partial charge on any atom is 0.248 e. The van der Waals surface area contributed by atoms with Crippen LogP contribution in [-0.4, -0.2) is 35.1 Å². The molecular formula is C8H13NO2. The first-order valence-corrected chi connectivity index (χ1v) is 3.74. The zero-order valence-corrected chi connectivity index (χ0v) is 6.71. The van der Waals surface area contributed by atoms with Gasteiger partial charge in [0.25, 0.3) is 0 Å². The Morgan fingerprint density at radius 3 is 2.73 bits per heavy atom. The molecule has 0 saturated carbocycles. The van der Waals surface area contributed by atoms with Crippen LogP contribution in [0.5, 0.6) is 0 Å². The first-order valence-electron chi connectivity index (χ1n) is 3.74. The molecular weight excluding hydrogens is 142 g/mol. The SMILES string of the molecule is C=C(C)C(=O)N1CCC(O)C1. The molecule has 3 heteroatoms. The molecule has 1 N–H and O–H groups in total. The van der Waals surface area contributed by atoms with Crippen LogP contribution in [0.15, 0.2) is 12.2 Å². The van der Waals surface area contributed by atoms with Gasteiger partial charge in [-0.05, 0) is 13.3 Å². The zero-order valence-electron chi connectivity index (χ0n) is 6.71. The second-order valence-electron chi connectivity index (χ2n) is 2.97. The van der Waals surface area contributed by atoms with Gasteiger partial charge in [0, 0.05) is 18.7 Å². The van der Waals surface area contributed by atoms with Crippen LogP contribution in [0.1, 0.15) is 13.3 Å². The van der Waals surface area contributed by atoms with Crippen LogP contribution < -0.4 is 0 Å². The van der Waals surface area contributed by atoms with Crippen molar-refractivity contribution < 1.29 is 9.90 Å². The van der Waals surface area contributed by atoms with E-state index >= 15 is 0 Å². The van der Waals surface area contributed by atoms with Crippen LogP contribution in [0.2, 0.25) is 0 Å². The number of carbonyl (C=O) groups excluding carboxylic acids is 1. The number of hydrogen-bond donors (Lipinski definition) is 1. The number of carbonyl (C=O) groups is 1. The highest BCUT2D eigenvalue weighted by molar-refractivity contribution is 5.92. The van der Waals surface area contributed by atoms with E-state index in [0.717, 1.165) is 0 Å². The molecule has 11 heavy (non-hydrogen) atoms. The summed E-state index contributed by atoms with van der Waals surface area (Å²) >= 11 is 0. The summed E-state index contributed by atoms with van der Waals surface area (Å²) in [5.41, 5.74) is 0.541. The third-order valence-electron chi connectivity index (χ3n) is 1.82. The average molecular weight is 155 g/mol. The molecule has 3 nitrogen and oxygen atoms in total. The van der Waals surface area contributed by atoms with Crippen LogP contribution in [0, 0.1) is 0 Å². The van der Waals surface area contributed by atoms with Crippen LogP contribution in [0.3, 0.4) is 0 Å². The molecule has 1 heterocycles. The van der Waals surface area contributed by atoms with Crippen LogP contribution >= 0.6 is 0 Å². The lowest BCUT2D eigenvalue weighted by Gasteiger charge is -2.14. The first-order chi connectivity index (χ1) is 5.11. The number of aliphatic hydroxyl groups excluding tert-OH is 1. The van der Waals surface area contributed by atoms with E-state index in [0.29, 0.717) is 25.1 Å². The van der Waals surface area contributed by atoms with E-state index in [9.17, 15) is 4.79 Å². The molecule has 0 aliphatic carbocycles. The number of amides is 1. The molecule has 62 valence electrons. The number of rotatable bonds is 1. The molecule has 1 aliphatic heterocycles. The molecule has 0 bridgehead atoms. The topological polar surface area (TPSA) is 40.5 Å². The molecule has 1 amide bonds. The van der Waals surface area contributed by atoms with Crippen molar-refractivity contribution in [3.63, 3.8) is 0 Å². The Labute approximate surface area is 66.3 Å². The van der Waals surface area contributed by atoms with Crippen LogP contribution in [0.4, 0.5) is 0 Å². The highest BCUT2D eigenvalue weighted by atomic mass is 16.3. The second kappa shape index (κ2) is 3.05. The van der Waals surface area contributed by atoms with Gasteiger partial charge in [-0.25, -0.2) is 0 Å². The predicted octanol–water partition coefficient (Wildman–Crippen LogP) is 0.156. The molecule has 1 atom stereocenters. The Balaban J connectivity index is 2.50. The quantitative estimate of drug-likeness (QED) is 0.548. The number of likely N-dealkylation sites (tertiary alicyclic amines) is 1. The molecule has 1 saturated heterocycles. The fraction of sp³-hybridized carbons (Fsp3) is 0.625. The van der Waals surface area contributed by atoms with Crippen molar-refractivity contribution in [2.75, 3.05) is 13.1 Å². The van der Waals surface area contributed by atoms with E-state index in [-0.39, 0.29) is 12.0 Å². The average Bonchev–Trinajstić information content (AvgIpc) is 2.34. The van der Waals surface area contributed by atoms with E-state index in [4.69, 9.17) is 5.11 Å². The van der Waals surface area contributed by atoms with Crippen molar-refractivity contribution in [1.82, 2.24) is 4.90 Å². The Bertz CT molecular complexity index is 189. The highest BCUT2D eigenvalue weighted by Gasteiger charge is 2.24. The van der Waals surface area contributed by atoms with Gasteiger partial charge in [0.15, 0.2) is 0 Å². The minimum absolute atomic E-state index is 0.0402. The molecule has 0 aromatic rings. The van der Waals surface area contributed by atoms with Crippen molar-refractivity contribution in [2.24, 2.45) is 0 Å². The summed E-state index contributed by atoms with van der Waals surface area (Å²) in [6, 6.07) is 0. The van der Waals surface area contributed by atoms with Crippen molar-refractivity contribution in [3.05, 3.63) is 12.2 Å². The maximum absolute atomic E-state index is 11.2. The minimum atomic E-state index is -0.335. The largest absolute Gasteiger partial charge is 0.391 e. The van der Waals surface area contributed by atoms with Crippen molar-refractivity contribution in [3.8, 4) is 0 Å². The third-order valence-corrected chi connectivity index (χ3v) is 1.82. The van der Waals surface area contributed by atoms with Gasteiger partial charge >= 0.3 is 0 Å². The van der Waals surface area contributed by atoms with Crippen molar-refractivity contribution in [2.45, 2.75) is 19.4 Å². The molecule has 1 unspecified atom stereocenters. The standard InChI is InChI=1S/C8H13NO2/c1-6(2)8(11)9-4-3-7(10)5-9/h7,10H,1,3-5H2,2H3. The Kier molecular flexibility index (Phi) is 2.29. The van der Waals surface area contributed by atoms with Gasteiger partial charge in [0.1, 0.15) is 0 Å². The van der Waals surface area contributed by atoms with Gasteiger partial charge in [-0.15, -0.1) is 0 Å². The van der Waals surface area contributed by atoms with Gasteiger partial charge in [-0.3, -0.25) is 4.79 Å². The van der Waals surface area contributed by atoms with E-state index < -0.39 is 0 Å². The monoisotopic (exact) mass is 155 g/mol. The van der Waals surface area contributed by atoms with Crippen LogP contribution in [0.25, 0.3) is 0 Å².